The average molecular weight is 248 g/mol. The van der Waals surface area contributed by atoms with Crippen molar-refractivity contribution in [2.45, 2.75) is 6.42 Å². The summed E-state index contributed by atoms with van der Waals surface area (Å²) in [7, 11) is 0. The lowest BCUT2D eigenvalue weighted by Gasteiger charge is -2.15. The fraction of sp³-hybridized carbons (Fsp3) is 0.154. The molecule has 2 heterocycles. The van der Waals surface area contributed by atoms with Crippen molar-refractivity contribution in [1.82, 2.24) is 0 Å². The number of rotatable bonds is 1. The van der Waals surface area contributed by atoms with Crippen molar-refractivity contribution in [1.29, 1.82) is 0 Å². The number of para-hydroxylation sites is 1. The Bertz CT molecular complexity index is 576. The quantitative estimate of drug-likeness (QED) is 0.776. The number of furan rings is 1. The maximum absolute atomic E-state index is 12.2. The van der Waals surface area contributed by atoms with Crippen LogP contribution in [-0.4, -0.2) is 12.5 Å². The molecule has 17 heavy (non-hydrogen) atoms. The van der Waals surface area contributed by atoms with Crippen LogP contribution in [0.25, 0.3) is 0 Å². The van der Waals surface area contributed by atoms with Crippen LogP contribution in [-0.2, 0) is 6.42 Å². The number of carbonyl (C=O) groups is 1. The van der Waals surface area contributed by atoms with Crippen molar-refractivity contribution in [3.63, 3.8) is 0 Å². The van der Waals surface area contributed by atoms with Crippen LogP contribution < -0.4 is 4.90 Å². The number of nitrogens with zero attached hydrogens (tertiary/aromatic N) is 1. The SMILES string of the molecule is O=C(c1ccc(Cl)o1)N1CCc2ccccc21. The Labute approximate surface area is 104 Å². The van der Waals surface area contributed by atoms with Crippen molar-refractivity contribution in [2.75, 3.05) is 11.4 Å². The summed E-state index contributed by atoms with van der Waals surface area (Å²) in [6.45, 7) is 0.691. The van der Waals surface area contributed by atoms with E-state index in [0.717, 1.165) is 12.1 Å². The lowest BCUT2D eigenvalue weighted by Crippen LogP contribution is -2.28. The number of hydrogen-bond donors (Lipinski definition) is 0. The van der Waals surface area contributed by atoms with E-state index in [1.807, 2.05) is 24.3 Å². The molecule has 0 saturated carbocycles. The van der Waals surface area contributed by atoms with Gasteiger partial charge in [0.15, 0.2) is 11.0 Å². The van der Waals surface area contributed by atoms with Crippen LogP contribution >= 0.6 is 11.6 Å². The van der Waals surface area contributed by atoms with Crippen LogP contribution in [0.1, 0.15) is 16.1 Å². The van der Waals surface area contributed by atoms with Gasteiger partial charge in [0, 0.05) is 12.2 Å². The first-order valence-corrected chi connectivity index (χ1v) is 5.78. The number of benzene rings is 1. The highest BCUT2D eigenvalue weighted by molar-refractivity contribution is 6.29. The Morgan fingerprint density at radius 3 is 2.82 bits per heavy atom. The molecular weight excluding hydrogens is 238 g/mol. The molecule has 1 aliphatic rings. The molecule has 1 amide bonds. The van der Waals surface area contributed by atoms with Gasteiger partial charge in [-0.2, -0.15) is 0 Å². The van der Waals surface area contributed by atoms with Gasteiger partial charge in [0.05, 0.1) is 0 Å². The van der Waals surface area contributed by atoms with Gasteiger partial charge in [-0.05, 0) is 41.8 Å². The van der Waals surface area contributed by atoms with E-state index >= 15 is 0 Å². The summed E-state index contributed by atoms with van der Waals surface area (Å²) >= 11 is 5.67. The van der Waals surface area contributed by atoms with Crippen molar-refractivity contribution in [3.8, 4) is 0 Å². The molecule has 86 valence electrons. The molecule has 0 aliphatic carbocycles. The Morgan fingerprint density at radius 2 is 2.06 bits per heavy atom. The van der Waals surface area contributed by atoms with Crippen LogP contribution in [0.2, 0.25) is 5.22 Å². The van der Waals surface area contributed by atoms with Gasteiger partial charge in [0.1, 0.15) is 0 Å². The van der Waals surface area contributed by atoms with E-state index < -0.39 is 0 Å². The number of fused-ring (bicyclic) bond motifs is 1. The lowest BCUT2D eigenvalue weighted by atomic mass is 10.2. The molecule has 0 saturated heterocycles. The normalized spacial score (nSPS) is 13.8. The fourth-order valence-electron chi connectivity index (χ4n) is 2.11. The molecule has 3 rings (SSSR count). The van der Waals surface area contributed by atoms with E-state index in [-0.39, 0.29) is 16.9 Å². The molecule has 1 aromatic carbocycles. The number of anilines is 1. The minimum absolute atomic E-state index is 0.137. The number of carbonyl (C=O) groups excluding carboxylic acids is 1. The summed E-state index contributed by atoms with van der Waals surface area (Å²) in [5, 5.41) is 0.237. The molecule has 1 aromatic heterocycles. The Kier molecular flexibility index (Phi) is 2.41. The molecule has 0 bridgehead atoms. The number of amides is 1. The second-order valence-electron chi connectivity index (χ2n) is 3.94. The molecule has 0 atom stereocenters. The summed E-state index contributed by atoms with van der Waals surface area (Å²) in [5.41, 5.74) is 2.16. The minimum atomic E-state index is -0.137. The maximum Gasteiger partial charge on any atom is 0.294 e. The van der Waals surface area contributed by atoms with Crippen molar-refractivity contribution in [3.05, 3.63) is 52.9 Å². The van der Waals surface area contributed by atoms with Gasteiger partial charge in [-0.25, -0.2) is 0 Å². The third-order valence-corrected chi connectivity index (χ3v) is 3.12. The van der Waals surface area contributed by atoms with Crippen molar-refractivity contribution in [2.24, 2.45) is 0 Å². The highest BCUT2D eigenvalue weighted by Gasteiger charge is 2.26. The molecule has 0 fully saturated rings. The minimum Gasteiger partial charge on any atom is -0.440 e. The highest BCUT2D eigenvalue weighted by Crippen LogP contribution is 2.29. The Hall–Kier alpha value is -1.74. The zero-order valence-electron chi connectivity index (χ0n) is 9.02. The summed E-state index contributed by atoms with van der Waals surface area (Å²) in [4.78, 5) is 13.9. The first kappa shape index (κ1) is 10.4. The number of halogens is 1. The summed E-state index contributed by atoms with van der Waals surface area (Å²) in [6.07, 6.45) is 0.885. The van der Waals surface area contributed by atoms with Gasteiger partial charge in [0.2, 0.25) is 0 Å². The molecule has 0 unspecified atom stereocenters. The zero-order valence-corrected chi connectivity index (χ0v) is 9.78. The predicted molar refractivity (Wildman–Crippen MR) is 65.5 cm³/mol. The molecule has 3 nitrogen and oxygen atoms in total. The second kappa shape index (κ2) is 3.93. The third-order valence-electron chi connectivity index (χ3n) is 2.92. The molecule has 0 N–H and O–H groups in total. The summed E-state index contributed by atoms with van der Waals surface area (Å²) < 4.78 is 5.15. The molecular formula is C13H10ClNO2. The highest BCUT2D eigenvalue weighted by atomic mass is 35.5. The van der Waals surface area contributed by atoms with Crippen LogP contribution in [0.15, 0.2) is 40.8 Å². The standard InChI is InChI=1S/C13H10ClNO2/c14-12-6-5-11(17-12)13(16)15-8-7-9-3-1-2-4-10(9)15/h1-6H,7-8H2. The van der Waals surface area contributed by atoms with Crippen LogP contribution in [0.4, 0.5) is 5.69 Å². The summed E-state index contributed by atoms with van der Waals surface area (Å²) in [5.74, 6) is 0.147. The monoisotopic (exact) mass is 247 g/mol. The van der Waals surface area contributed by atoms with Gasteiger partial charge in [0.25, 0.3) is 5.91 Å². The average Bonchev–Trinajstić information content (AvgIpc) is 2.94. The molecule has 0 spiro atoms. The lowest BCUT2D eigenvalue weighted by molar-refractivity contribution is 0.0963. The van der Waals surface area contributed by atoms with Crippen molar-refractivity contribution < 1.29 is 9.21 Å². The maximum atomic E-state index is 12.2. The second-order valence-corrected chi connectivity index (χ2v) is 4.31. The smallest absolute Gasteiger partial charge is 0.294 e. The van der Waals surface area contributed by atoms with E-state index in [9.17, 15) is 4.79 Å². The zero-order chi connectivity index (χ0) is 11.8. The van der Waals surface area contributed by atoms with E-state index in [1.54, 1.807) is 17.0 Å². The predicted octanol–water partition coefficient (Wildman–Crippen LogP) is 3.14. The first-order valence-electron chi connectivity index (χ1n) is 5.41. The van der Waals surface area contributed by atoms with Gasteiger partial charge in [-0.1, -0.05) is 18.2 Å². The summed E-state index contributed by atoms with van der Waals surface area (Å²) in [6, 6.07) is 11.1. The van der Waals surface area contributed by atoms with Gasteiger partial charge < -0.3 is 9.32 Å². The van der Waals surface area contributed by atoms with Crippen LogP contribution in [0.5, 0.6) is 0 Å². The molecule has 4 heteroatoms. The van der Waals surface area contributed by atoms with E-state index in [4.69, 9.17) is 16.0 Å². The largest absolute Gasteiger partial charge is 0.440 e. The van der Waals surface area contributed by atoms with E-state index in [1.165, 1.54) is 5.56 Å². The van der Waals surface area contributed by atoms with Crippen LogP contribution in [0, 0.1) is 0 Å². The molecule has 1 aliphatic heterocycles. The Balaban J connectivity index is 1.95. The van der Waals surface area contributed by atoms with Gasteiger partial charge in [-0.15, -0.1) is 0 Å². The van der Waals surface area contributed by atoms with E-state index in [0.29, 0.717) is 6.54 Å². The molecule has 2 aromatic rings. The van der Waals surface area contributed by atoms with E-state index in [2.05, 4.69) is 0 Å². The fourth-order valence-corrected chi connectivity index (χ4v) is 2.26. The number of hydrogen-bond acceptors (Lipinski definition) is 2. The van der Waals surface area contributed by atoms with Gasteiger partial charge in [-0.3, -0.25) is 4.79 Å². The Morgan fingerprint density at radius 1 is 1.24 bits per heavy atom. The first-order chi connectivity index (χ1) is 8.25. The van der Waals surface area contributed by atoms with Crippen LogP contribution in [0.3, 0.4) is 0 Å². The van der Waals surface area contributed by atoms with Crippen molar-refractivity contribution >= 4 is 23.2 Å². The topological polar surface area (TPSA) is 33.5 Å². The third kappa shape index (κ3) is 1.72. The molecule has 0 radical (unpaired) electrons. The van der Waals surface area contributed by atoms with Gasteiger partial charge >= 0.3 is 0 Å².